The molecule has 16 heavy (non-hydrogen) atoms. The number of benzene rings is 1. The van der Waals surface area contributed by atoms with Gasteiger partial charge in [-0.1, -0.05) is 18.2 Å². The molecule has 1 aliphatic rings. The Morgan fingerprint density at radius 2 is 2.06 bits per heavy atom. The fraction of sp³-hybridized carbons (Fsp3) is 0.417. The molecule has 0 spiro atoms. The van der Waals surface area contributed by atoms with Crippen LogP contribution in [0.5, 0.6) is 0 Å². The minimum absolute atomic E-state index is 0.0892. The summed E-state index contributed by atoms with van der Waals surface area (Å²) in [5, 5.41) is 12.3. The van der Waals surface area contributed by atoms with Gasteiger partial charge >= 0.3 is 6.09 Å². The molecule has 1 saturated heterocycles. The number of hydrogen-bond acceptors (Lipinski definition) is 2. The number of nitrogens with one attached hydrogen (secondary N) is 1. The highest BCUT2D eigenvalue weighted by molar-refractivity contribution is 5.66. The van der Waals surface area contributed by atoms with Crippen LogP contribution < -0.4 is 5.32 Å². The van der Waals surface area contributed by atoms with Gasteiger partial charge in [0.2, 0.25) is 0 Å². The van der Waals surface area contributed by atoms with Gasteiger partial charge in [-0.25, -0.2) is 4.79 Å². The van der Waals surface area contributed by atoms with Crippen molar-refractivity contribution in [2.24, 2.45) is 0 Å². The van der Waals surface area contributed by atoms with Gasteiger partial charge in [0.15, 0.2) is 0 Å². The van der Waals surface area contributed by atoms with Crippen molar-refractivity contribution in [3.8, 4) is 0 Å². The molecule has 86 valence electrons. The van der Waals surface area contributed by atoms with Gasteiger partial charge in [0.05, 0.1) is 0 Å². The van der Waals surface area contributed by atoms with Crippen LogP contribution >= 0.6 is 0 Å². The molecule has 1 unspecified atom stereocenters. The molecule has 1 aliphatic heterocycles. The molecule has 0 aliphatic carbocycles. The van der Waals surface area contributed by atoms with Crippen molar-refractivity contribution in [1.82, 2.24) is 4.90 Å². The minimum atomic E-state index is -0.840. The summed E-state index contributed by atoms with van der Waals surface area (Å²) in [5.74, 6) is 0. The molecule has 2 N–H and O–H groups in total. The third-order valence-corrected chi connectivity index (χ3v) is 2.86. The van der Waals surface area contributed by atoms with Crippen molar-refractivity contribution in [3.05, 3.63) is 30.3 Å². The number of rotatable bonds is 2. The molecule has 4 nitrogen and oxygen atoms in total. The highest BCUT2D eigenvalue weighted by Crippen LogP contribution is 2.19. The average molecular weight is 220 g/mol. The Morgan fingerprint density at radius 3 is 2.75 bits per heavy atom. The van der Waals surface area contributed by atoms with E-state index in [9.17, 15) is 4.79 Å². The zero-order valence-electron chi connectivity index (χ0n) is 9.10. The van der Waals surface area contributed by atoms with E-state index in [1.807, 2.05) is 30.3 Å². The molecule has 1 aromatic carbocycles. The molecule has 1 aromatic rings. The Hall–Kier alpha value is -1.71. The summed E-state index contributed by atoms with van der Waals surface area (Å²) in [5.41, 5.74) is 0.973. The van der Waals surface area contributed by atoms with E-state index in [1.54, 1.807) is 0 Å². The fourth-order valence-electron chi connectivity index (χ4n) is 2.04. The van der Waals surface area contributed by atoms with E-state index in [0.29, 0.717) is 6.54 Å². The molecule has 0 aromatic heterocycles. The molecule has 0 saturated carbocycles. The highest BCUT2D eigenvalue weighted by Gasteiger charge is 2.25. The smallest absolute Gasteiger partial charge is 0.408 e. The molecule has 1 heterocycles. The summed E-state index contributed by atoms with van der Waals surface area (Å²) < 4.78 is 0. The van der Waals surface area contributed by atoms with Crippen LogP contribution in [0.1, 0.15) is 19.3 Å². The number of nitrogens with zero attached hydrogens (tertiary/aromatic N) is 1. The van der Waals surface area contributed by atoms with E-state index in [4.69, 9.17) is 5.11 Å². The van der Waals surface area contributed by atoms with Crippen LogP contribution in [0.3, 0.4) is 0 Å². The summed E-state index contributed by atoms with van der Waals surface area (Å²) in [6.07, 6.45) is 1.98. The van der Waals surface area contributed by atoms with Crippen LogP contribution in [0, 0.1) is 0 Å². The molecule has 0 bridgehead atoms. The molecule has 2 rings (SSSR count). The molecular weight excluding hydrogens is 204 g/mol. The van der Waals surface area contributed by atoms with Gasteiger partial charge < -0.3 is 10.4 Å². The lowest BCUT2D eigenvalue weighted by molar-refractivity contribution is 0.115. The second-order valence-electron chi connectivity index (χ2n) is 4.00. The van der Waals surface area contributed by atoms with Gasteiger partial charge in [-0.15, -0.1) is 0 Å². The van der Waals surface area contributed by atoms with Crippen molar-refractivity contribution in [1.29, 1.82) is 0 Å². The average Bonchev–Trinajstić information content (AvgIpc) is 2.31. The SMILES string of the molecule is O=C(O)N1CCCCC1Nc1ccccc1. The second-order valence-corrected chi connectivity index (χ2v) is 4.00. The number of likely N-dealkylation sites (tertiary alicyclic amines) is 1. The van der Waals surface area contributed by atoms with Gasteiger partial charge in [0.25, 0.3) is 0 Å². The van der Waals surface area contributed by atoms with Gasteiger partial charge in [-0.3, -0.25) is 4.90 Å². The first-order valence-electron chi connectivity index (χ1n) is 5.58. The number of hydrogen-bond donors (Lipinski definition) is 2. The van der Waals surface area contributed by atoms with Gasteiger partial charge in [-0.2, -0.15) is 0 Å². The predicted octanol–water partition coefficient (Wildman–Crippen LogP) is 2.59. The first-order chi connectivity index (χ1) is 7.77. The van der Waals surface area contributed by atoms with Crippen LogP contribution in [-0.4, -0.2) is 28.8 Å². The van der Waals surface area contributed by atoms with Crippen LogP contribution in [0.15, 0.2) is 30.3 Å². The number of amides is 1. The summed E-state index contributed by atoms with van der Waals surface area (Å²) in [4.78, 5) is 12.5. The number of piperidine rings is 1. The maximum atomic E-state index is 11.0. The van der Waals surface area contributed by atoms with Crippen molar-refractivity contribution in [2.45, 2.75) is 25.4 Å². The van der Waals surface area contributed by atoms with E-state index in [1.165, 1.54) is 4.90 Å². The molecule has 4 heteroatoms. The number of carboxylic acid groups (broad SMARTS) is 1. The molecule has 1 atom stereocenters. The summed E-state index contributed by atoms with van der Waals surface area (Å²) in [6, 6.07) is 9.73. The van der Waals surface area contributed by atoms with Crippen molar-refractivity contribution >= 4 is 11.8 Å². The standard InChI is InChI=1S/C12H16N2O2/c15-12(16)14-9-5-4-8-11(14)13-10-6-2-1-3-7-10/h1-3,6-7,11,13H,4-5,8-9H2,(H,15,16). The Balaban J connectivity index is 2.04. The first-order valence-corrected chi connectivity index (χ1v) is 5.58. The lowest BCUT2D eigenvalue weighted by Crippen LogP contribution is -2.47. The zero-order valence-corrected chi connectivity index (χ0v) is 9.10. The monoisotopic (exact) mass is 220 g/mol. The van der Waals surface area contributed by atoms with E-state index in [-0.39, 0.29) is 6.17 Å². The van der Waals surface area contributed by atoms with Crippen LogP contribution in [0.4, 0.5) is 10.5 Å². The minimum Gasteiger partial charge on any atom is -0.465 e. The number of carbonyl (C=O) groups is 1. The first kappa shape index (κ1) is 10.8. The Morgan fingerprint density at radius 1 is 1.31 bits per heavy atom. The van der Waals surface area contributed by atoms with Crippen molar-refractivity contribution in [3.63, 3.8) is 0 Å². The quantitative estimate of drug-likeness (QED) is 0.805. The Bertz CT molecular complexity index is 353. The van der Waals surface area contributed by atoms with Gasteiger partial charge in [0.1, 0.15) is 6.17 Å². The fourth-order valence-corrected chi connectivity index (χ4v) is 2.04. The normalized spacial score (nSPS) is 20.5. The van der Waals surface area contributed by atoms with E-state index in [2.05, 4.69) is 5.32 Å². The lowest BCUT2D eigenvalue weighted by Gasteiger charge is -2.34. The van der Waals surface area contributed by atoms with Crippen LogP contribution in [-0.2, 0) is 0 Å². The number of anilines is 1. The Labute approximate surface area is 94.9 Å². The van der Waals surface area contributed by atoms with Gasteiger partial charge in [-0.05, 0) is 31.4 Å². The summed E-state index contributed by atoms with van der Waals surface area (Å²) in [6.45, 7) is 0.625. The highest BCUT2D eigenvalue weighted by atomic mass is 16.4. The topological polar surface area (TPSA) is 52.6 Å². The molecular formula is C12H16N2O2. The predicted molar refractivity (Wildman–Crippen MR) is 62.4 cm³/mol. The van der Waals surface area contributed by atoms with E-state index < -0.39 is 6.09 Å². The zero-order chi connectivity index (χ0) is 11.4. The second kappa shape index (κ2) is 4.88. The maximum absolute atomic E-state index is 11.0. The summed E-state index contributed by atoms with van der Waals surface area (Å²) in [7, 11) is 0. The summed E-state index contributed by atoms with van der Waals surface area (Å²) >= 11 is 0. The molecule has 1 amide bonds. The van der Waals surface area contributed by atoms with E-state index >= 15 is 0 Å². The third-order valence-electron chi connectivity index (χ3n) is 2.86. The number of para-hydroxylation sites is 1. The van der Waals surface area contributed by atoms with Crippen LogP contribution in [0.2, 0.25) is 0 Å². The van der Waals surface area contributed by atoms with Crippen molar-refractivity contribution < 1.29 is 9.90 Å². The maximum Gasteiger partial charge on any atom is 0.408 e. The van der Waals surface area contributed by atoms with E-state index in [0.717, 1.165) is 24.9 Å². The Kier molecular flexibility index (Phi) is 3.29. The molecule has 0 radical (unpaired) electrons. The van der Waals surface area contributed by atoms with Gasteiger partial charge in [0, 0.05) is 12.2 Å². The van der Waals surface area contributed by atoms with Crippen molar-refractivity contribution in [2.75, 3.05) is 11.9 Å². The lowest BCUT2D eigenvalue weighted by atomic mass is 10.1. The molecule has 1 fully saturated rings. The largest absolute Gasteiger partial charge is 0.465 e. The van der Waals surface area contributed by atoms with Crippen LogP contribution in [0.25, 0.3) is 0 Å². The third kappa shape index (κ3) is 2.45.